The number of nitrogens with one attached hydrogen (secondary N) is 1. The standard InChI is InChI=1S/C13H11FN4/c1-9-16-5-4-12(18-9)8-17-11-2-3-13(14)10(6-11)7-15/h2-6,17H,8H2,1H3. The minimum Gasteiger partial charge on any atom is -0.379 e. The Morgan fingerprint density at radius 2 is 2.22 bits per heavy atom. The topological polar surface area (TPSA) is 61.6 Å². The molecule has 0 fully saturated rings. The van der Waals surface area contributed by atoms with Crippen LogP contribution in [-0.2, 0) is 6.54 Å². The second-order valence-electron chi connectivity index (χ2n) is 3.76. The monoisotopic (exact) mass is 242 g/mol. The third kappa shape index (κ3) is 2.80. The fourth-order valence-electron chi connectivity index (χ4n) is 1.52. The van der Waals surface area contributed by atoms with Crippen molar-refractivity contribution in [3.8, 4) is 6.07 Å². The zero-order chi connectivity index (χ0) is 13.0. The Hall–Kier alpha value is -2.48. The summed E-state index contributed by atoms with van der Waals surface area (Å²) in [6, 6.07) is 7.94. The minimum atomic E-state index is -0.513. The van der Waals surface area contributed by atoms with Crippen molar-refractivity contribution >= 4 is 5.69 Å². The summed E-state index contributed by atoms with van der Waals surface area (Å²) in [7, 11) is 0. The van der Waals surface area contributed by atoms with Gasteiger partial charge in [0.2, 0.25) is 0 Å². The Bertz CT molecular complexity index is 604. The number of anilines is 1. The molecule has 0 atom stereocenters. The van der Waals surface area contributed by atoms with E-state index in [1.54, 1.807) is 24.4 Å². The number of rotatable bonds is 3. The second kappa shape index (κ2) is 5.23. The lowest BCUT2D eigenvalue weighted by atomic mass is 10.2. The predicted molar refractivity (Wildman–Crippen MR) is 65.2 cm³/mol. The van der Waals surface area contributed by atoms with Crippen molar-refractivity contribution < 1.29 is 4.39 Å². The number of hydrogen-bond donors (Lipinski definition) is 1. The molecule has 0 amide bonds. The summed E-state index contributed by atoms with van der Waals surface area (Å²) in [6.45, 7) is 2.31. The molecule has 1 heterocycles. The van der Waals surface area contributed by atoms with E-state index in [4.69, 9.17) is 5.26 Å². The fraction of sp³-hybridized carbons (Fsp3) is 0.154. The van der Waals surface area contributed by atoms with Gasteiger partial charge in [-0.05, 0) is 31.2 Å². The normalized spacial score (nSPS) is 9.83. The Morgan fingerprint density at radius 3 is 2.94 bits per heavy atom. The van der Waals surface area contributed by atoms with Crippen LogP contribution < -0.4 is 5.32 Å². The van der Waals surface area contributed by atoms with Crippen molar-refractivity contribution in [3.05, 3.63) is 53.4 Å². The Balaban J connectivity index is 2.09. The van der Waals surface area contributed by atoms with Crippen molar-refractivity contribution in [2.75, 3.05) is 5.32 Å². The van der Waals surface area contributed by atoms with Crippen LogP contribution in [0, 0.1) is 24.1 Å². The highest BCUT2D eigenvalue weighted by Crippen LogP contribution is 2.14. The number of aryl methyl sites for hydroxylation is 1. The van der Waals surface area contributed by atoms with Gasteiger partial charge in [0.1, 0.15) is 17.7 Å². The summed E-state index contributed by atoms with van der Waals surface area (Å²) < 4.78 is 13.1. The maximum absolute atomic E-state index is 13.1. The van der Waals surface area contributed by atoms with E-state index >= 15 is 0 Å². The summed E-state index contributed by atoms with van der Waals surface area (Å²) in [5.74, 6) is 0.187. The molecule has 5 heteroatoms. The summed E-state index contributed by atoms with van der Waals surface area (Å²) in [5.41, 5.74) is 1.55. The van der Waals surface area contributed by atoms with Gasteiger partial charge in [0, 0.05) is 11.9 Å². The number of hydrogen-bond acceptors (Lipinski definition) is 4. The van der Waals surface area contributed by atoms with Crippen LogP contribution in [0.3, 0.4) is 0 Å². The molecule has 4 nitrogen and oxygen atoms in total. The number of nitriles is 1. The van der Waals surface area contributed by atoms with Crippen LogP contribution >= 0.6 is 0 Å². The Labute approximate surface area is 104 Å². The van der Waals surface area contributed by atoms with Gasteiger partial charge >= 0.3 is 0 Å². The third-order valence-electron chi connectivity index (χ3n) is 2.39. The van der Waals surface area contributed by atoms with Crippen LogP contribution in [0.15, 0.2) is 30.5 Å². The molecule has 0 bridgehead atoms. The van der Waals surface area contributed by atoms with Crippen molar-refractivity contribution in [2.45, 2.75) is 13.5 Å². The van der Waals surface area contributed by atoms with Gasteiger partial charge in [-0.25, -0.2) is 14.4 Å². The van der Waals surface area contributed by atoms with Gasteiger partial charge in [-0.15, -0.1) is 0 Å². The predicted octanol–water partition coefficient (Wildman–Crippen LogP) is 2.41. The zero-order valence-electron chi connectivity index (χ0n) is 9.81. The quantitative estimate of drug-likeness (QED) is 0.897. The van der Waals surface area contributed by atoms with Crippen molar-refractivity contribution in [1.82, 2.24) is 9.97 Å². The average molecular weight is 242 g/mol. The van der Waals surface area contributed by atoms with Gasteiger partial charge in [-0.3, -0.25) is 0 Å². The molecule has 0 radical (unpaired) electrons. The van der Waals surface area contributed by atoms with Gasteiger partial charge in [0.15, 0.2) is 0 Å². The van der Waals surface area contributed by atoms with E-state index < -0.39 is 5.82 Å². The first-order valence-corrected chi connectivity index (χ1v) is 5.41. The Morgan fingerprint density at radius 1 is 1.39 bits per heavy atom. The molecule has 2 aromatic rings. The highest BCUT2D eigenvalue weighted by Gasteiger charge is 2.02. The zero-order valence-corrected chi connectivity index (χ0v) is 9.81. The van der Waals surface area contributed by atoms with Crippen molar-refractivity contribution in [3.63, 3.8) is 0 Å². The molecule has 0 aliphatic rings. The maximum Gasteiger partial charge on any atom is 0.141 e. The van der Waals surface area contributed by atoms with Crippen LogP contribution in [-0.4, -0.2) is 9.97 Å². The minimum absolute atomic E-state index is 0.0267. The average Bonchev–Trinajstić information content (AvgIpc) is 2.38. The van der Waals surface area contributed by atoms with Crippen LogP contribution in [0.1, 0.15) is 17.1 Å². The summed E-state index contributed by atoms with van der Waals surface area (Å²) in [5, 5.41) is 11.8. The highest BCUT2D eigenvalue weighted by molar-refractivity contribution is 5.49. The molecule has 0 saturated heterocycles. The third-order valence-corrected chi connectivity index (χ3v) is 2.39. The molecule has 1 N–H and O–H groups in total. The SMILES string of the molecule is Cc1nccc(CNc2ccc(F)c(C#N)c2)n1. The molecular weight excluding hydrogens is 231 g/mol. The van der Waals surface area contributed by atoms with Crippen molar-refractivity contribution in [1.29, 1.82) is 5.26 Å². The van der Waals surface area contributed by atoms with Crippen LogP contribution in [0.4, 0.5) is 10.1 Å². The Kier molecular flexibility index (Phi) is 3.49. The number of benzene rings is 1. The van der Waals surface area contributed by atoms with Gasteiger partial charge < -0.3 is 5.32 Å². The molecule has 1 aromatic heterocycles. The molecule has 0 spiro atoms. The van der Waals surface area contributed by atoms with E-state index in [2.05, 4.69) is 15.3 Å². The molecule has 0 aliphatic carbocycles. The van der Waals surface area contributed by atoms with E-state index in [0.29, 0.717) is 18.1 Å². The smallest absolute Gasteiger partial charge is 0.141 e. The van der Waals surface area contributed by atoms with Crippen molar-refractivity contribution in [2.24, 2.45) is 0 Å². The summed E-state index contributed by atoms with van der Waals surface area (Å²) in [6.07, 6.45) is 1.69. The van der Waals surface area contributed by atoms with E-state index in [1.807, 2.05) is 6.92 Å². The molecule has 0 aliphatic heterocycles. The first-order chi connectivity index (χ1) is 8.69. The largest absolute Gasteiger partial charge is 0.379 e. The number of halogens is 1. The molecule has 2 rings (SSSR count). The lowest BCUT2D eigenvalue weighted by Gasteiger charge is -2.06. The van der Waals surface area contributed by atoms with E-state index in [1.165, 1.54) is 12.1 Å². The lowest BCUT2D eigenvalue weighted by Crippen LogP contribution is -2.03. The molecular formula is C13H11FN4. The van der Waals surface area contributed by atoms with E-state index in [9.17, 15) is 4.39 Å². The second-order valence-corrected chi connectivity index (χ2v) is 3.76. The molecule has 1 aromatic carbocycles. The number of nitrogens with zero attached hydrogens (tertiary/aromatic N) is 3. The van der Waals surface area contributed by atoms with Crippen LogP contribution in [0.5, 0.6) is 0 Å². The number of aromatic nitrogens is 2. The first-order valence-electron chi connectivity index (χ1n) is 5.41. The maximum atomic E-state index is 13.1. The van der Waals surface area contributed by atoms with Gasteiger partial charge in [0.05, 0.1) is 17.8 Å². The highest BCUT2D eigenvalue weighted by atomic mass is 19.1. The van der Waals surface area contributed by atoms with E-state index in [0.717, 1.165) is 5.69 Å². The lowest BCUT2D eigenvalue weighted by molar-refractivity contribution is 0.624. The van der Waals surface area contributed by atoms with Gasteiger partial charge in [-0.1, -0.05) is 0 Å². The molecule has 18 heavy (non-hydrogen) atoms. The van der Waals surface area contributed by atoms with Crippen LogP contribution in [0.25, 0.3) is 0 Å². The van der Waals surface area contributed by atoms with Gasteiger partial charge in [0.25, 0.3) is 0 Å². The first kappa shape index (κ1) is 12.0. The summed E-state index contributed by atoms with van der Waals surface area (Å²) in [4.78, 5) is 8.24. The fourth-order valence-corrected chi connectivity index (χ4v) is 1.52. The van der Waals surface area contributed by atoms with Gasteiger partial charge in [-0.2, -0.15) is 5.26 Å². The van der Waals surface area contributed by atoms with E-state index in [-0.39, 0.29) is 5.56 Å². The molecule has 0 saturated carbocycles. The van der Waals surface area contributed by atoms with Crippen LogP contribution in [0.2, 0.25) is 0 Å². The molecule has 90 valence electrons. The summed E-state index contributed by atoms with van der Waals surface area (Å²) >= 11 is 0. The molecule has 0 unspecified atom stereocenters.